The molecule has 0 fully saturated rings. The Bertz CT molecular complexity index is 97.2. The Morgan fingerprint density at radius 1 is 1.00 bits per heavy atom. The SMILES string of the molecule is F.O=S(=O)(O)O.[Cu].[Cu]. The molecule has 0 aliphatic carbocycles. The fourth-order valence-corrected chi connectivity index (χ4v) is 0. The summed E-state index contributed by atoms with van der Waals surface area (Å²) < 4.78 is 31.6. The molecule has 0 atom stereocenters. The van der Waals surface area contributed by atoms with E-state index < -0.39 is 10.4 Å². The third-order valence-corrected chi connectivity index (χ3v) is 0. The van der Waals surface area contributed by atoms with Gasteiger partial charge in [-0.15, -0.1) is 0 Å². The Labute approximate surface area is 66.9 Å². The maximum absolute atomic E-state index is 8.74. The predicted molar refractivity (Wildman–Crippen MR) is 16.7 cm³/mol. The molecular weight excluding hydrogens is 242 g/mol. The summed E-state index contributed by atoms with van der Waals surface area (Å²) in [4.78, 5) is 0. The van der Waals surface area contributed by atoms with E-state index in [1.54, 1.807) is 0 Å². The van der Waals surface area contributed by atoms with Crippen LogP contribution in [-0.2, 0) is 44.5 Å². The van der Waals surface area contributed by atoms with Crippen molar-refractivity contribution in [2.75, 3.05) is 0 Å². The third-order valence-electron chi connectivity index (χ3n) is 0. The number of rotatable bonds is 0. The normalized spacial score (nSPS) is 7.25. The van der Waals surface area contributed by atoms with Crippen molar-refractivity contribution < 1.29 is 56.4 Å². The van der Waals surface area contributed by atoms with Crippen LogP contribution in [0.25, 0.3) is 0 Å². The molecule has 0 aliphatic rings. The zero-order valence-electron chi connectivity index (χ0n) is 3.13. The minimum atomic E-state index is -4.67. The zero-order valence-corrected chi connectivity index (χ0v) is 5.83. The first kappa shape index (κ1) is 23.2. The van der Waals surface area contributed by atoms with Gasteiger partial charge in [-0.25, -0.2) is 0 Å². The molecule has 0 spiro atoms. The van der Waals surface area contributed by atoms with Gasteiger partial charge in [-0.2, -0.15) is 8.42 Å². The standard InChI is InChI=1S/2Cu.FH.H2O4S/c;;;1-5(2,3)4/h;;1H;(H2,1,2,3,4). The summed E-state index contributed by atoms with van der Waals surface area (Å²) in [6.45, 7) is 0. The van der Waals surface area contributed by atoms with Crippen molar-refractivity contribution in [1.82, 2.24) is 0 Å². The van der Waals surface area contributed by atoms with E-state index in [1.807, 2.05) is 0 Å². The molecular formula is H3Cu2FO4S. The van der Waals surface area contributed by atoms with Crippen LogP contribution in [0.2, 0.25) is 0 Å². The van der Waals surface area contributed by atoms with E-state index in [9.17, 15) is 0 Å². The van der Waals surface area contributed by atoms with Gasteiger partial charge in [0.25, 0.3) is 0 Å². The topological polar surface area (TPSA) is 74.6 Å². The molecule has 0 saturated heterocycles. The van der Waals surface area contributed by atoms with E-state index in [-0.39, 0.29) is 38.8 Å². The number of hydrogen-bond acceptors (Lipinski definition) is 2. The summed E-state index contributed by atoms with van der Waals surface area (Å²) in [5.74, 6) is 0. The van der Waals surface area contributed by atoms with Gasteiger partial charge in [-0.05, 0) is 0 Å². The first-order chi connectivity index (χ1) is 2.00. The van der Waals surface area contributed by atoms with Crippen LogP contribution in [0.1, 0.15) is 0 Å². The van der Waals surface area contributed by atoms with Gasteiger partial charge in [0.1, 0.15) is 0 Å². The van der Waals surface area contributed by atoms with Crippen LogP contribution in [-0.4, -0.2) is 17.5 Å². The van der Waals surface area contributed by atoms with E-state index in [2.05, 4.69) is 0 Å². The molecule has 0 rings (SSSR count). The third kappa shape index (κ3) is 331. The van der Waals surface area contributed by atoms with E-state index in [0.717, 1.165) is 0 Å². The van der Waals surface area contributed by atoms with E-state index in [4.69, 9.17) is 17.5 Å². The van der Waals surface area contributed by atoms with Gasteiger partial charge in [0.05, 0.1) is 0 Å². The zero-order chi connectivity index (χ0) is 4.50. The Morgan fingerprint density at radius 3 is 1.00 bits per heavy atom. The van der Waals surface area contributed by atoms with Crippen LogP contribution >= 0.6 is 0 Å². The molecule has 0 bridgehead atoms. The molecule has 0 aliphatic heterocycles. The molecule has 0 saturated carbocycles. The summed E-state index contributed by atoms with van der Waals surface area (Å²) >= 11 is 0. The smallest absolute Gasteiger partial charge is 0.269 e. The summed E-state index contributed by atoms with van der Waals surface area (Å²) in [6.07, 6.45) is 0. The molecule has 0 amide bonds. The Balaban J connectivity index is -0.0000000267. The van der Waals surface area contributed by atoms with Crippen molar-refractivity contribution >= 4 is 10.4 Å². The van der Waals surface area contributed by atoms with E-state index in [0.29, 0.717) is 0 Å². The van der Waals surface area contributed by atoms with E-state index in [1.165, 1.54) is 0 Å². The molecule has 0 aromatic rings. The van der Waals surface area contributed by atoms with Gasteiger partial charge < -0.3 is 0 Å². The average Bonchev–Trinajstić information content (AvgIpc) is 0.722. The summed E-state index contributed by atoms with van der Waals surface area (Å²) in [5.41, 5.74) is 0. The fourth-order valence-electron chi connectivity index (χ4n) is 0. The first-order valence-corrected chi connectivity index (χ1v) is 2.10. The van der Waals surface area contributed by atoms with Gasteiger partial charge in [0, 0.05) is 34.1 Å². The molecule has 0 unspecified atom stereocenters. The maximum atomic E-state index is 8.74. The number of halogens is 1. The minimum absolute atomic E-state index is 0. The van der Waals surface area contributed by atoms with Crippen LogP contribution in [0.5, 0.6) is 0 Å². The monoisotopic (exact) mass is 244 g/mol. The van der Waals surface area contributed by atoms with Crippen LogP contribution in [0.4, 0.5) is 4.70 Å². The van der Waals surface area contributed by atoms with Crippen molar-refractivity contribution in [3.63, 3.8) is 0 Å². The Morgan fingerprint density at radius 2 is 1.00 bits per heavy atom. The fraction of sp³-hybridized carbons (Fsp3) is 0. The van der Waals surface area contributed by atoms with Crippen molar-refractivity contribution in [3.8, 4) is 0 Å². The molecule has 2 N–H and O–H groups in total. The van der Waals surface area contributed by atoms with Crippen molar-refractivity contribution in [3.05, 3.63) is 0 Å². The van der Waals surface area contributed by atoms with Gasteiger partial charge in [0.2, 0.25) is 0 Å². The average molecular weight is 245 g/mol. The van der Waals surface area contributed by atoms with Crippen LogP contribution < -0.4 is 0 Å². The van der Waals surface area contributed by atoms with Gasteiger partial charge >= 0.3 is 10.4 Å². The second-order valence-electron chi connectivity index (χ2n) is 0.448. The quantitative estimate of drug-likeness (QED) is 0.445. The molecule has 0 heterocycles. The Hall–Kier alpha value is 0.839. The second kappa shape index (κ2) is 7.84. The first-order valence-electron chi connectivity index (χ1n) is 0.698. The number of hydrogen-bond donors (Lipinski definition) is 2. The molecule has 0 aromatic carbocycles. The van der Waals surface area contributed by atoms with Crippen molar-refractivity contribution in [2.45, 2.75) is 0 Å². The van der Waals surface area contributed by atoms with Gasteiger partial charge in [-0.3, -0.25) is 13.8 Å². The second-order valence-corrected chi connectivity index (χ2v) is 1.34. The Kier molecular flexibility index (Phi) is 22.7. The largest absolute Gasteiger partial charge is 0.394 e. The molecule has 8 heavy (non-hydrogen) atoms. The van der Waals surface area contributed by atoms with Gasteiger partial charge in [-0.1, -0.05) is 0 Å². The molecule has 0 aromatic heterocycles. The summed E-state index contributed by atoms with van der Waals surface area (Å²) in [5, 5.41) is 0. The predicted octanol–water partition coefficient (Wildman–Crippen LogP) is -0.505. The molecule has 4 nitrogen and oxygen atoms in total. The molecule has 8 heteroatoms. The van der Waals surface area contributed by atoms with E-state index >= 15 is 0 Å². The summed E-state index contributed by atoms with van der Waals surface area (Å²) in [7, 11) is -4.67. The van der Waals surface area contributed by atoms with Gasteiger partial charge in [0.15, 0.2) is 0 Å². The maximum Gasteiger partial charge on any atom is 0.394 e. The van der Waals surface area contributed by atoms with Crippen molar-refractivity contribution in [2.24, 2.45) is 0 Å². The molecule has 2 radical (unpaired) electrons. The minimum Gasteiger partial charge on any atom is -0.269 e. The van der Waals surface area contributed by atoms with Crippen molar-refractivity contribution in [1.29, 1.82) is 0 Å². The van der Waals surface area contributed by atoms with Crippen LogP contribution in [0.15, 0.2) is 0 Å². The van der Waals surface area contributed by atoms with Crippen LogP contribution in [0.3, 0.4) is 0 Å². The van der Waals surface area contributed by atoms with Crippen LogP contribution in [0, 0.1) is 0 Å². The molecule has 62 valence electrons. The summed E-state index contributed by atoms with van der Waals surface area (Å²) in [6, 6.07) is 0.